The van der Waals surface area contributed by atoms with E-state index >= 15 is 0 Å². The molecule has 0 saturated carbocycles. The van der Waals surface area contributed by atoms with E-state index in [1.54, 1.807) is 6.92 Å². The van der Waals surface area contributed by atoms with Gasteiger partial charge in [-0.2, -0.15) is 0 Å². The molecule has 0 bridgehead atoms. The molecule has 27 heavy (non-hydrogen) atoms. The summed E-state index contributed by atoms with van der Waals surface area (Å²) < 4.78 is 46.1. The van der Waals surface area contributed by atoms with Gasteiger partial charge in [0, 0.05) is 24.3 Å². The van der Waals surface area contributed by atoms with Crippen LogP contribution in [0.15, 0.2) is 48.5 Å². The second kappa shape index (κ2) is 7.87. The van der Waals surface area contributed by atoms with Gasteiger partial charge >= 0.3 is 6.36 Å². The maximum Gasteiger partial charge on any atom is 0.573 e. The molecule has 0 aromatic heterocycles. The zero-order chi connectivity index (χ0) is 19.4. The number of nitrogens with zero attached hydrogens (tertiary/aromatic N) is 1. The Morgan fingerprint density at radius 3 is 2.59 bits per heavy atom. The molecular formula is C19H19F3N2O3. The Labute approximate surface area is 154 Å². The predicted molar refractivity (Wildman–Crippen MR) is 93.6 cm³/mol. The summed E-state index contributed by atoms with van der Waals surface area (Å²) in [5.41, 5.74) is 1.40. The fourth-order valence-electron chi connectivity index (χ4n) is 2.83. The summed E-state index contributed by atoms with van der Waals surface area (Å²) in [5.74, 6) is 0.224. The van der Waals surface area contributed by atoms with Crippen LogP contribution in [0.2, 0.25) is 0 Å². The topological polar surface area (TPSA) is 50.8 Å². The van der Waals surface area contributed by atoms with Gasteiger partial charge in [-0.1, -0.05) is 18.2 Å². The normalized spacial score (nSPS) is 15.9. The average molecular weight is 380 g/mol. The van der Waals surface area contributed by atoms with Crippen molar-refractivity contribution >= 4 is 11.6 Å². The number of ether oxygens (including phenoxy) is 2. The molecule has 1 N–H and O–H groups in total. The highest BCUT2D eigenvalue weighted by molar-refractivity contribution is 5.94. The summed E-state index contributed by atoms with van der Waals surface area (Å²) in [4.78, 5) is 14.5. The van der Waals surface area contributed by atoms with E-state index in [9.17, 15) is 18.0 Å². The van der Waals surface area contributed by atoms with Gasteiger partial charge in [0.05, 0.1) is 6.04 Å². The number of carbonyl (C=O) groups excluding carboxylic acids is 1. The smallest absolute Gasteiger partial charge is 0.492 e. The average Bonchev–Trinajstić information content (AvgIpc) is 2.84. The second-order valence-electron chi connectivity index (χ2n) is 6.16. The Morgan fingerprint density at radius 1 is 1.19 bits per heavy atom. The summed E-state index contributed by atoms with van der Waals surface area (Å²) >= 11 is 0. The molecule has 1 aliphatic rings. The first-order chi connectivity index (χ1) is 12.8. The fourth-order valence-corrected chi connectivity index (χ4v) is 2.83. The summed E-state index contributed by atoms with van der Waals surface area (Å²) in [6, 6.07) is 12.3. The molecule has 0 aliphatic carbocycles. The quantitative estimate of drug-likeness (QED) is 0.877. The first-order valence-corrected chi connectivity index (χ1v) is 8.43. The van der Waals surface area contributed by atoms with E-state index in [0.29, 0.717) is 25.4 Å². The Hall–Kier alpha value is -2.74. The standard InChI is InChI=1S/C19H19F3N2O3/c1-13(24-10-11-26-17-5-3-2-4-14(17)12-24)18(25)23-15-6-8-16(9-7-15)27-19(20,21)22/h2-9,13H,10-12H2,1H3,(H,23,25). The number of nitrogens with one attached hydrogen (secondary N) is 1. The van der Waals surface area contributed by atoms with Crippen LogP contribution >= 0.6 is 0 Å². The van der Waals surface area contributed by atoms with Crippen molar-refractivity contribution in [3.8, 4) is 11.5 Å². The molecule has 2 aromatic carbocycles. The Bertz CT molecular complexity index is 794. The minimum Gasteiger partial charge on any atom is -0.492 e. The van der Waals surface area contributed by atoms with Gasteiger partial charge in [-0.3, -0.25) is 9.69 Å². The molecule has 1 heterocycles. The first kappa shape index (κ1) is 19.0. The zero-order valence-electron chi connectivity index (χ0n) is 14.6. The number of benzene rings is 2. The number of amides is 1. The van der Waals surface area contributed by atoms with Crippen LogP contribution in [-0.4, -0.2) is 36.4 Å². The van der Waals surface area contributed by atoms with E-state index in [1.807, 2.05) is 29.2 Å². The fraction of sp³-hybridized carbons (Fsp3) is 0.316. The van der Waals surface area contributed by atoms with Crippen molar-refractivity contribution in [3.05, 3.63) is 54.1 Å². The van der Waals surface area contributed by atoms with Crippen LogP contribution in [0.5, 0.6) is 11.5 Å². The molecule has 1 atom stereocenters. The van der Waals surface area contributed by atoms with E-state index in [4.69, 9.17) is 4.74 Å². The van der Waals surface area contributed by atoms with E-state index in [1.165, 1.54) is 12.1 Å². The first-order valence-electron chi connectivity index (χ1n) is 8.43. The molecule has 5 nitrogen and oxygen atoms in total. The number of fused-ring (bicyclic) bond motifs is 1. The number of carbonyl (C=O) groups is 1. The highest BCUT2D eigenvalue weighted by atomic mass is 19.4. The van der Waals surface area contributed by atoms with E-state index < -0.39 is 12.4 Å². The van der Waals surface area contributed by atoms with Crippen molar-refractivity contribution in [1.82, 2.24) is 4.90 Å². The van der Waals surface area contributed by atoms with Crippen LogP contribution in [0.1, 0.15) is 12.5 Å². The number of para-hydroxylation sites is 1. The summed E-state index contributed by atoms with van der Waals surface area (Å²) in [6.07, 6.45) is -4.75. The molecule has 3 rings (SSSR count). The number of halogens is 3. The molecule has 8 heteroatoms. The summed E-state index contributed by atoms with van der Waals surface area (Å²) in [5, 5.41) is 2.72. The third-order valence-corrected chi connectivity index (χ3v) is 4.26. The van der Waals surface area contributed by atoms with Gasteiger partial charge in [-0.25, -0.2) is 0 Å². The molecular weight excluding hydrogens is 361 g/mol. The van der Waals surface area contributed by atoms with Gasteiger partial charge < -0.3 is 14.8 Å². The van der Waals surface area contributed by atoms with Crippen molar-refractivity contribution in [1.29, 1.82) is 0 Å². The van der Waals surface area contributed by atoms with E-state index in [0.717, 1.165) is 23.4 Å². The van der Waals surface area contributed by atoms with Gasteiger partial charge in [0.15, 0.2) is 0 Å². The number of rotatable bonds is 4. The maximum absolute atomic E-state index is 12.5. The molecule has 0 saturated heterocycles. The Balaban J connectivity index is 1.62. The van der Waals surface area contributed by atoms with Crippen LogP contribution in [-0.2, 0) is 11.3 Å². The molecule has 1 amide bonds. The zero-order valence-corrected chi connectivity index (χ0v) is 14.6. The van der Waals surface area contributed by atoms with E-state index in [2.05, 4.69) is 10.1 Å². The molecule has 0 fully saturated rings. The molecule has 1 aliphatic heterocycles. The highest BCUT2D eigenvalue weighted by Gasteiger charge is 2.31. The van der Waals surface area contributed by atoms with Crippen LogP contribution in [0.4, 0.5) is 18.9 Å². The van der Waals surface area contributed by atoms with Gasteiger partial charge in [-0.05, 0) is 37.3 Å². The van der Waals surface area contributed by atoms with Gasteiger partial charge in [0.2, 0.25) is 5.91 Å². The largest absolute Gasteiger partial charge is 0.573 e. The van der Waals surface area contributed by atoms with Crippen molar-refractivity contribution in [2.45, 2.75) is 25.9 Å². The summed E-state index contributed by atoms with van der Waals surface area (Å²) in [7, 11) is 0. The Morgan fingerprint density at radius 2 is 1.89 bits per heavy atom. The Kier molecular flexibility index (Phi) is 5.55. The molecule has 1 unspecified atom stereocenters. The third-order valence-electron chi connectivity index (χ3n) is 4.26. The van der Waals surface area contributed by atoms with Crippen molar-refractivity contribution in [3.63, 3.8) is 0 Å². The molecule has 2 aromatic rings. The van der Waals surface area contributed by atoms with Crippen LogP contribution in [0.25, 0.3) is 0 Å². The molecule has 0 radical (unpaired) electrons. The van der Waals surface area contributed by atoms with Gasteiger partial charge in [0.1, 0.15) is 18.1 Å². The minimum absolute atomic E-state index is 0.251. The molecule has 144 valence electrons. The second-order valence-corrected chi connectivity index (χ2v) is 6.16. The highest BCUT2D eigenvalue weighted by Crippen LogP contribution is 2.25. The van der Waals surface area contributed by atoms with Crippen LogP contribution < -0.4 is 14.8 Å². The van der Waals surface area contributed by atoms with Crippen molar-refractivity contribution in [2.24, 2.45) is 0 Å². The van der Waals surface area contributed by atoms with E-state index in [-0.39, 0.29) is 11.7 Å². The predicted octanol–water partition coefficient (Wildman–Crippen LogP) is 3.81. The maximum atomic E-state index is 12.5. The monoisotopic (exact) mass is 380 g/mol. The van der Waals surface area contributed by atoms with Crippen molar-refractivity contribution in [2.75, 3.05) is 18.5 Å². The van der Waals surface area contributed by atoms with Gasteiger partial charge in [-0.15, -0.1) is 13.2 Å². The minimum atomic E-state index is -4.75. The number of hydrogen-bond acceptors (Lipinski definition) is 4. The molecule has 0 spiro atoms. The van der Waals surface area contributed by atoms with Crippen molar-refractivity contribution < 1.29 is 27.4 Å². The van der Waals surface area contributed by atoms with Crippen LogP contribution in [0.3, 0.4) is 0 Å². The number of anilines is 1. The lowest BCUT2D eigenvalue weighted by molar-refractivity contribution is -0.274. The van der Waals surface area contributed by atoms with Gasteiger partial charge in [0.25, 0.3) is 0 Å². The number of alkyl halides is 3. The van der Waals surface area contributed by atoms with Crippen LogP contribution in [0, 0.1) is 0 Å². The lowest BCUT2D eigenvalue weighted by Crippen LogP contribution is -2.42. The summed E-state index contributed by atoms with van der Waals surface area (Å²) in [6.45, 7) is 3.41. The SMILES string of the molecule is CC(C(=O)Nc1ccc(OC(F)(F)F)cc1)N1CCOc2ccccc2C1. The number of hydrogen-bond donors (Lipinski definition) is 1. The lowest BCUT2D eigenvalue weighted by Gasteiger charge is -2.26. The third kappa shape index (κ3) is 5.13. The lowest BCUT2D eigenvalue weighted by atomic mass is 10.1.